The lowest BCUT2D eigenvalue weighted by atomic mass is 10.1. The molecule has 0 bridgehead atoms. The Balaban J connectivity index is 1.77. The molecule has 0 aliphatic carbocycles. The zero-order valence-corrected chi connectivity index (χ0v) is 13.1. The number of aromatic nitrogens is 1. The van der Waals surface area contributed by atoms with Gasteiger partial charge in [-0.2, -0.15) is 0 Å². The molecule has 0 fully saturated rings. The van der Waals surface area contributed by atoms with Crippen molar-refractivity contribution >= 4 is 11.6 Å². The van der Waals surface area contributed by atoms with Crippen LogP contribution in [0.2, 0.25) is 0 Å². The van der Waals surface area contributed by atoms with Crippen LogP contribution in [0.4, 0.5) is 5.69 Å². The molecule has 1 unspecified atom stereocenters. The summed E-state index contributed by atoms with van der Waals surface area (Å²) in [5, 5.41) is 3.02. The van der Waals surface area contributed by atoms with Crippen LogP contribution < -0.4 is 5.32 Å². The number of benzene rings is 1. The Bertz CT molecular complexity index is 711. The molecule has 0 radical (unpaired) electrons. The fourth-order valence-corrected chi connectivity index (χ4v) is 2.72. The summed E-state index contributed by atoms with van der Waals surface area (Å²) in [6.45, 7) is 2.08. The molecule has 0 aliphatic heterocycles. The molecule has 3 aromatic rings. The van der Waals surface area contributed by atoms with Gasteiger partial charge in [0.1, 0.15) is 5.76 Å². The smallest absolute Gasteiger partial charge is 0.226 e. The van der Waals surface area contributed by atoms with Crippen molar-refractivity contribution in [3.63, 3.8) is 0 Å². The summed E-state index contributed by atoms with van der Waals surface area (Å²) < 4.78 is 7.50. The predicted molar refractivity (Wildman–Crippen MR) is 90.3 cm³/mol. The van der Waals surface area contributed by atoms with E-state index in [2.05, 4.69) is 12.2 Å². The Morgan fingerprint density at radius 1 is 1.13 bits per heavy atom. The highest BCUT2D eigenvalue weighted by Gasteiger charge is 2.20. The third-order valence-corrected chi connectivity index (χ3v) is 3.91. The number of hydrogen-bond acceptors (Lipinski definition) is 2. The van der Waals surface area contributed by atoms with Crippen molar-refractivity contribution in [2.24, 2.45) is 0 Å². The molecular weight excluding hydrogens is 288 g/mol. The number of para-hydroxylation sites is 1. The number of rotatable bonds is 6. The van der Waals surface area contributed by atoms with Crippen LogP contribution in [0.1, 0.15) is 30.7 Å². The van der Waals surface area contributed by atoms with E-state index in [4.69, 9.17) is 4.42 Å². The second-order valence-corrected chi connectivity index (χ2v) is 5.42. The minimum absolute atomic E-state index is 0.0269. The molecule has 0 saturated carbocycles. The van der Waals surface area contributed by atoms with E-state index in [1.165, 1.54) is 0 Å². The highest BCUT2D eigenvalue weighted by Crippen LogP contribution is 2.24. The Morgan fingerprint density at radius 3 is 2.61 bits per heavy atom. The van der Waals surface area contributed by atoms with Crippen molar-refractivity contribution in [2.75, 3.05) is 5.32 Å². The predicted octanol–water partition coefficient (Wildman–Crippen LogP) is 4.26. The molecular formula is C19H20N2O2. The highest BCUT2D eigenvalue weighted by atomic mass is 16.3. The van der Waals surface area contributed by atoms with E-state index in [0.717, 1.165) is 23.4 Å². The number of carbonyl (C=O) groups excluding carboxylic acids is 1. The van der Waals surface area contributed by atoms with E-state index >= 15 is 0 Å². The molecule has 1 amide bonds. The van der Waals surface area contributed by atoms with Gasteiger partial charge in [0.05, 0.1) is 18.7 Å². The van der Waals surface area contributed by atoms with Gasteiger partial charge in [-0.1, -0.05) is 25.1 Å². The minimum atomic E-state index is -0.145. The Morgan fingerprint density at radius 2 is 1.91 bits per heavy atom. The highest BCUT2D eigenvalue weighted by molar-refractivity contribution is 5.92. The molecule has 2 aromatic heterocycles. The molecule has 1 N–H and O–H groups in total. The number of hydrogen-bond donors (Lipinski definition) is 1. The van der Waals surface area contributed by atoms with E-state index in [1.54, 1.807) is 6.26 Å². The van der Waals surface area contributed by atoms with Gasteiger partial charge >= 0.3 is 0 Å². The van der Waals surface area contributed by atoms with Gasteiger partial charge in [0.15, 0.2) is 0 Å². The first-order chi connectivity index (χ1) is 11.3. The van der Waals surface area contributed by atoms with Gasteiger partial charge in [-0.25, -0.2) is 0 Å². The van der Waals surface area contributed by atoms with Crippen LogP contribution in [0.3, 0.4) is 0 Å². The monoisotopic (exact) mass is 308 g/mol. The summed E-state index contributed by atoms with van der Waals surface area (Å²) >= 11 is 0. The van der Waals surface area contributed by atoms with E-state index in [-0.39, 0.29) is 11.9 Å². The lowest BCUT2D eigenvalue weighted by Gasteiger charge is -2.17. The molecule has 1 aromatic carbocycles. The van der Waals surface area contributed by atoms with Crippen LogP contribution in [0, 0.1) is 0 Å². The van der Waals surface area contributed by atoms with E-state index in [0.29, 0.717) is 6.42 Å². The van der Waals surface area contributed by atoms with Gasteiger partial charge in [0.2, 0.25) is 5.91 Å². The average Bonchev–Trinajstić information content (AvgIpc) is 3.27. The summed E-state index contributed by atoms with van der Waals surface area (Å²) in [5.74, 6) is 0.751. The maximum Gasteiger partial charge on any atom is 0.226 e. The second-order valence-electron chi connectivity index (χ2n) is 5.42. The number of nitrogens with one attached hydrogen (secondary N) is 1. The molecule has 0 spiro atoms. The summed E-state index contributed by atoms with van der Waals surface area (Å²) in [7, 11) is 0. The van der Waals surface area contributed by atoms with Crippen LogP contribution in [0.15, 0.2) is 71.6 Å². The first-order valence-corrected chi connectivity index (χ1v) is 7.81. The van der Waals surface area contributed by atoms with Crippen LogP contribution >= 0.6 is 0 Å². The van der Waals surface area contributed by atoms with Crippen molar-refractivity contribution < 1.29 is 9.21 Å². The fraction of sp³-hybridized carbons (Fsp3) is 0.211. The third-order valence-electron chi connectivity index (χ3n) is 3.91. The van der Waals surface area contributed by atoms with Crippen molar-refractivity contribution in [2.45, 2.75) is 25.8 Å². The van der Waals surface area contributed by atoms with Crippen LogP contribution in [0.5, 0.6) is 0 Å². The van der Waals surface area contributed by atoms with Crippen LogP contribution in [-0.2, 0) is 11.2 Å². The van der Waals surface area contributed by atoms with Gasteiger partial charge in [-0.05, 0) is 42.3 Å². The molecule has 118 valence electrons. The lowest BCUT2D eigenvalue weighted by molar-refractivity contribution is -0.116. The zero-order valence-electron chi connectivity index (χ0n) is 13.1. The number of aryl methyl sites for hydroxylation is 1. The number of carbonyl (C=O) groups is 1. The van der Waals surface area contributed by atoms with Crippen molar-refractivity contribution in [1.82, 2.24) is 4.57 Å². The van der Waals surface area contributed by atoms with Gasteiger partial charge < -0.3 is 14.3 Å². The van der Waals surface area contributed by atoms with E-state index in [1.807, 2.05) is 65.5 Å². The maximum absolute atomic E-state index is 12.5. The molecule has 1 atom stereocenters. The molecule has 0 saturated heterocycles. The zero-order chi connectivity index (χ0) is 16.1. The lowest BCUT2D eigenvalue weighted by Crippen LogP contribution is -2.19. The molecule has 3 rings (SSSR count). The average molecular weight is 308 g/mol. The Kier molecular flexibility index (Phi) is 4.62. The Labute approximate surface area is 135 Å². The molecule has 4 nitrogen and oxygen atoms in total. The first kappa shape index (κ1) is 15.2. The SMILES string of the molecule is CCc1ccccc1NC(=O)CC(c1ccco1)n1cccc1. The summed E-state index contributed by atoms with van der Waals surface area (Å²) in [6, 6.07) is 15.4. The molecule has 4 heteroatoms. The molecule has 2 heterocycles. The van der Waals surface area contributed by atoms with Crippen LogP contribution in [-0.4, -0.2) is 10.5 Å². The van der Waals surface area contributed by atoms with Gasteiger partial charge in [-0.15, -0.1) is 0 Å². The normalized spacial score (nSPS) is 12.0. The fourth-order valence-electron chi connectivity index (χ4n) is 2.72. The first-order valence-electron chi connectivity index (χ1n) is 7.81. The van der Waals surface area contributed by atoms with Crippen molar-refractivity contribution in [3.05, 3.63) is 78.5 Å². The number of amides is 1. The second kappa shape index (κ2) is 7.01. The summed E-state index contributed by atoms with van der Waals surface area (Å²) in [4.78, 5) is 12.5. The number of anilines is 1. The Hall–Kier alpha value is -2.75. The third kappa shape index (κ3) is 3.54. The van der Waals surface area contributed by atoms with E-state index in [9.17, 15) is 4.79 Å². The van der Waals surface area contributed by atoms with Gasteiger partial charge in [0.25, 0.3) is 0 Å². The topological polar surface area (TPSA) is 47.2 Å². The van der Waals surface area contributed by atoms with Crippen LogP contribution in [0.25, 0.3) is 0 Å². The quantitative estimate of drug-likeness (QED) is 0.739. The largest absolute Gasteiger partial charge is 0.467 e. The number of nitrogens with zero attached hydrogens (tertiary/aromatic N) is 1. The minimum Gasteiger partial charge on any atom is -0.467 e. The van der Waals surface area contributed by atoms with Crippen molar-refractivity contribution in [1.29, 1.82) is 0 Å². The van der Waals surface area contributed by atoms with Gasteiger partial charge in [0, 0.05) is 18.1 Å². The summed E-state index contributed by atoms with van der Waals surface area (Å²) in [5.41, 5.74) is 2.02. The summed E-state index contributed by atoms with van der Waals surface area (Å²) in [6.07, 6.45) is 6.73. The van der Waals surface area contributed by atoms with Gasteiger partial charge in [-0.3, -0.25) is 4.79 Å². The number of furan rings is 1. The maximum atomic E-state index is 12.5. The standard InChI is InChI=1S/C19H20N2O2/c1-2-15-8-3-4-9-16(15)20-19(22)14-17(18-10-7-13-23-18)21-11-5-6-12-21/h3-13,17H,2,14H2,1H3,(H,20,22). The molecule has 23 heavy (non-hydrogen) atoms. The molecule has 0 aliphatic rings. The van der Waals surface area contributed by atoms with Crippen molar-refractivity contribution in [3.8, 4) is 0 Å². The van der Waals surface area contributed by atoms with E-state index < -0.39 is 0 Å².